The van der Waals surface area contributed by atoms with Crippen LogP contribution in [0.25, 0.3) is 17.1 Å². The summed E-state index contributed by atoms with van der Waals surface area (Å²) in [5.41, 5.74) is 4.30. The highest BCUT2D eigenvalue weighted by atomic mass is 16.5. The predicted molar refractivity (Wildman–Crippen MR) is 86.5 cm³/mol. The number of nitrogens with one attached hydrogen (secondary N) is 2. The van der Waals surface area contributed by atoms with E-state index in [9.17, 15) is 4.79 Å². The van der Waals surface area contributed by atoms with Gasteiger partial charge in [0.25, 0.3) is 5.91 Å². The van der Waals surface area contributed by atoms with Gasteiger partial charge in [0.05, 0.1) is 11.0 Å². The fourth-order valence-corrected chi connectivity index (χ4v) is 2.32. The van der Waals surface area contributed by atoms with E-state index < -0.39 is 5.91 Å². The molecule has 0 atom stereocenters. The Hall–Kier alpha value is -2.18. The van der Waals surface area contributed by atoms with Crippen molar-refractivity contribution in [2.24, 2.45) is 0 Å². The first-order valence-corrected chi connectivity index (χ1v) is 7.49. The highest BCUT2D eigenvalue weighted by Gasteiger charge is 2.05. The molecule has 2 aromatic rings. The molecule has 1 amide bonds. The number of carbonyl (C=O) groups is 1. The highest BCUT2D eigenvalue weighted by molar-refractivity contribution is 5.91. The van der Waals surface area contributed by atoms with Gasteiger partial charge in [-0.2, -0.15) is 0 Å². The highest BCUT2D eigenvalue weighted by Crippen LogP contribution is 2.15. The summed E-state index contributed by atoms with van der Waals surface area (Å²) in [5.74, 6) is 0.417. The maximum absolute atomic E-state index is 11.0. The van der Waals surface area contributed by atoms with E-state index in [0.29, 0.717) is 0 Å². The van der Waals surface area contributed by atoms with E-state index >= 15 is 0 Å². The second-order valence-corrected chi connectivity index (χ2v) is 5.05. The first kappa shape index (κ1) is 16.2. The van der Waals surface area contributed by atoms with Crippen LogP contribution in [0.5, 0.6) is 0 Å². The molecule has 0 radical (unpaired) electrons. The SMILES string of the molecule is CCN(CC)CCc1nc2ccc(/C=C/C(=O)NO)cc2[nH]1. The van der Waals surface area contributed by atoms with Crippen molar-refractivity contribution in [3.8, 4) is 0 Å². The van der Waals surface area contributed by atoms with Crippen LogP contribution >= 0.6 is 0 Å². The number of carbonyl (C=O) groups excluding carboxylic acids is 1. The van der Waals surface area contributed by atoms with Gasteiger partial charge in [0.15, 0.2) is 0 Å². The molecule has 0 unspecified atom stereocenters. The Bertz CT molecular complexity index is 659. The average molecular weight is 302 g/mol. The van der Waals surface area contributed by atoms with Crippen LogP contribution in [-0.2, 0) is 11.2 Å². The van der Waals surface area contributed by atoms with Crippen molar-refractivity contribution in [1.29, 1.82) is 0 Å². The molecule has 0 saturated carbocycles. The van der Waals surface area contributed by atoms with E-state index in [4.69, 9.17) is 5.21 Å². The fraction of sp³-hybridized carbons (Fsp3) is 0.375. The Morgan fingerprint density at radius 3 is 2.86 bits per heavy atom. The third kappa shape index (κ3) is 4.16. The number of imidazole rings is 1. The van der Waals surface area contributed by atoms with Gasteiger partial charge in [0.2, 0.25) is 0 Å². The van der Waals surface area contributed by atoms with Gasteiger partial charge in [-0.1, -0.05) is 19.9 Å². The topological polar surface area (TPSA) is 81.2 Å². The van der Waals surface area contributed by atoms with Crippen LogP contribution in [0.2, 0.25) is 0 Å². The normalized spacial score (nSPS) is 11.6. The van der Waals surface area contributed by atoms with Crippen molar-refractivity contribution in [3.05, 3.63) is 35.7 Å². The Labute approximate surface area is 129 Å². The lowest BCUT2D eigenvalue weighted by atomic mass is 10.2. The first-order valence-electron chi connectivity index (χ1n) is 7.49. The third-order valence-corrected chi connectivity index (χ3v) is 3.65. The zero-order valence-corrected chi connectivity index (χ0v) is 13.0. The van der Waals surface area contributed by atoms with Gasteiger partial charge in [0, 0.05) is 19.0 Å². The number of aromatic amines is 1. The van der Waals surface area contributed by atoms with Crippen LogP contribution in [0, 0.1) is 0 Å². The monoisotopic (exact) mass is 302 g/mol. The van der Waals surface area contributed by atoms with Crippen molar-refractivity contribution < 1.29 is 10.0 Å². The Balaban J connectivity index is 2.10. The summed E-state index contributed by atoms with van der Waals surface area (Å²) in [7, 11) is 0. The lowest BCUT2D eigenvalue weighted by Gasteiger charge is -2.16. The minimum absolute atomic E-state index is 0.551. The van der Waals surface area contributed by atoms with Crippen LogP contribution in [-0.4, -0.2) is 45.6 Å². The van der Waals surface area contributed by atoms with Crippen LogP contribution < -0.4 is 5.48 Å². The molecule has 0 aliphatic heterocycles. The number of aromatic nitrogens is 2. The van der Waals surface area contributed by atoms with Crippen molar-refractivity contribution in [3.63, 3.8) is 0 Å². The average Bonchev–Trinajstić information content (AvgIpc) is 2.95. The summed E-state index contributed by atoms with van der Waals surface area (Å²) in [6.07, 6.45) is 3.80. The number of hydroxylamine groups is 1. The number of H-pyrrole nitrogens is 1. The lowest BCUT2D eigenvalue weighted by molar-refractivity contribution is -0.124. The molecule has 3 N–H and O–H groups in total. The zero-order chi connectivity index (χ0) is 15.9. The molecule has 1 heterocycles. The van der Waals surface area contributed by atoms with E-state index in [1.807, 2.05) is 18.2 Å². The smallest absolute Gasteiger partial charge is 0.267 e. The van der Waals surface area contributed by atoms with E-state index in [1.165, 1.54) is 6.08 Å². The number of amides is 1. The van der Waals surface area contributed by atoms with E-state index in [0.717, 1.165) is 48.5 Å². The van der Waals surface area contributed by atoms with Crippen molar-refractivity contribution >= 4 is 23.0 Å². The van der Waals surface area contributed by atoms with E-state index in [2.05, 4.69) is 28.7 Å². The fourth-order valence-electron chi connectivity index (χ4n) is 2.32. The summed E-state index contributed by atoms with van der Waals surface area (Å²) in [4.78, 5) is 21.2. The molecule has 2 rings (SSSR count). The minimum Gasteiger partial charge on any atom is -0.342 e. The number of hydrogen-bond acceptors (Lipinski definition) is 4. The molecule has 0 saturated heterocycles. The van der Waals surface area contributed by atoms with E-state index in [-0.39, 0.29) is 0 Å². The molecule has 22 heavy (non-hydrogen) atoms. The second-order valence-electron chi connectivity index (χ2n) is 5.05. The molecule has 1 aromatic heterocycles. The third-order valence-electron chi connectivity index (χ3n) is 3.65. The number of benzene rings is 1. The summed E-state index contributed by atoms with van der Waals surface area (Å²) in [5, 5.41) is 8.46. The molecular formula is C16H22N4O2. The predicted octanol–water partition coefficient (Wildman–Crippen LogP) is 1.97. The molecule has 6 nitrogen and oxygen atoms in total. The largest absolute Gasteiger partial charge is 0.342 e. The maximum atomic E-state index is 11.0. The number of likely N-dealkylation sites (N-methyl/N-ethyl adjacent to an activating group) is 1. The Morgan fingerprint density at radius 1 is 1.41 bits per heavy atom. The van der Waals surface area contributed by atoms with Crippen molar-refractivity contribution in [2.45, 2.75) is 20.3 Å². The van der Waals surface area contributed by atoms with Crippen LogP contribution in [0.4, 0.5) is 0 Å². The molecule has 6 heteroatoms. The van der Waals surface area contributed by atoms with Crippen LogP contribution in [0.1, 0.15) is 25.2 Å². The van der Waals surface area contributed by atoms with Gasteiger partial charge in [-0.25, -0.2) is 10.5 Å². The van der Waals surface area contributed by atoms with Gasteiger partial charge in [-0.3, -0.25) is 10.0 Å². The van der Waals surface area contributed by atoms with Gasteiger partial charge >= 0.3 is 0 Å². The molecule has 1 aromatic carbocycles. The standard InChI is InChI=1S/C16H22N4O2/c1-3-20(4-2)10-9-15-17-13-7-5-12(11-14(13)18-15)6-8-16(21)19-22/h5-8,11,22H,3-4,9-10H2,1-2H3,(H,17,18)(H,19,21)/b8-6+. The van der Waals surface area contributed by atoms with Crippen molar-refractivity contribution in [2.75, 3.05) is 19.6 Å². The zero-order valence-electron chi connectivity index (χ0n) is 13.0. The summed E-state index contributed by atoms with van der Waals surface area (Å²) >= 11 is 0. The quantitative estimate of drug-likeness (QED) is 0.415. The van der Waals surface area contributed by atoms with Gasteiger partial charge in [-0.05, 0) is 36.9 Å². The summed E-state index contributed by atoms with van der Waals surface area (Å²) in [6, 6.07) is 5.74. The van der Waals surface area contributed by atoms with Gasteiger partial charge in [0.1, 0.15) is 5.82 Å². The molecule has 0 aliphatic rings. The molecule has 0 bridgehead atoms. The summed E-state index contributed by atoms with van der Waals surface area (Å²) < 4.78 is 0. The summed E-state index contributed by atoms with van der Waals surface area (Å²) in [6.45, 7) is 7.37. The van der Waals surface area contributed by atoms with Crippen molar-refractivity contribution in [1.82, 2.24) is 20.3 Å². The number of fused-ring (bicyclic) bond motifs is 1. The Kier molecular flexibility index (Phi) is 5.68. The number of nitrogens with zero attached hydrogens (tertiary/aromatic N) is 2. The Morgan fingerprint density at radius 2 is 2.18 bits per heavy atom. The number of rotatable bonds is 7. The van der Waals surface area contributed by atoms with Gasteiger partial charge < -0.3 is 9.88 Å². The number of hydrogen-bond donors (Lipinski definition) is 3. The second kappa shape index (κ2) is 7.72. The molecule has 118 valence electrons. The minimum atomic E-state index is -0.551. The van der Waals surface area contributed by atoms with Crippen LogP contribution in [0.3, 0.4) is 0 Å². The lowest BCUT2D eigenvalue weighted by Crippen LogP contribution is -2.25. The maximum Gasteiger partial charge on any atom is 0.267 e. The molecule has 0 spiro atoms. The molecule has 0 fully saturated rings. The van der Waals surface area contributed by atoms with Crippen LogP contribution in [0.15, 0.2) is 24.3 Å². The van der Waals surface area contributed by atoms with E-state index in [1.54, 1.807) is 11.6 Å². The first-order chi connectivity index (χ1) is 10.7. The molecular weight excluding hydrogens is 280 g/mol. The molecule has 0 aliphatic carbocycles. The van der Waals surface area contributed by atoms with Gasteiger partial charge in [-0.15, -0.1) is 0 Å².